The Morgan fingerprint density at radius 3 is 3.05 bits per heavy atom. The van der Waals surface area contributed by atoms with Crippen LogP contribution in [0.5, 0.6) is 0 Å². The molecule has 4 rings (SSSR count). The molecule has 2 atom stereocenters. The number of nitriles is 1. The molecule has 5 nitrogen and oxygen atoms in total. The van der Waals surface area contributed by atoms with Crippen molar-refractivity contribution in [3.63, 3.8) is 0 Å². The topological polar surface area (TPSA) is 74.2 Å². The van der Waals surface area contributed by atoms with Crippen molar-refractivity contribution in [3.05, 3.63) is 23.2 Å². The van der Waals surface area contributed by atoms with Crippen LogP contribution in [0.1, 0.15) is 38.3 Å². The van der Waals surface area contributed by atoms with Crippen molar-refractivity contribution < 1.29 is 4.42 Å². The van der Waals surface area contributed by atoms with Crippen molar-refractivity contribution in [3.8, 4) is 6.07 Å². The maximum atomic E-state index is 8.92. The van der Waals surface area contributed by atoms with E-state index in [1.165, 1.54) is 12.0 Å². The largest absolute Gasteiger partial charge is 0.422 e. The number of hydrazone groups is 1. The highest BCUT2D eigenvalue weighted by molar-refractivity contribution is 5.81. The smallest absolute Gasteiger partial charge is 0.252 e. The highest BCUT2D eigenvalue weighted by Gasteiger charge is 2.50. The number of anilines is 1. The maximum absolute atomic E-state index is 8.92. The molecule has 1 heterocycles. The molecule has 2 bridgehead atoms. The number of nitrogens with one attached hydrogen (secondary N) is 1. The zero-order valence-corrected chi connectivity index (χ0v) is 12.0. The Labute approximate surface area is 118 Å². The van der Waals surface area contributed by atoms with Crippen LogP contribution < -0.4 is 5.43 Å². The molecule has 20 heavy (non-hydrogen) atoms. The SMILES string of the molecule is Cc1nc(C#N)c(N/N=C/C2=CCC3CC2C3(C)C)o1. The van der Waals surface area contributed by atoms with Gasteiger partial charge in [0.2, 0.25) is 5.69 Å². The van der Waals surface area contributed by atoms with Gasteiger partial charge in [-0.25, -0.2) is 10.4 Å². The number of oxazole rings is 1. The molecule has 0 saturated heterocycles. The van der Waals surface area contributed by atoms with Gasteiger partial charge in [0, 0.05) is 6.92 Å². The standard InChI is InChI=1S/C15H18N4O/c1-9-18-13(7-16)14(20-9)19-17-8-10-4-5-11-6-12(10)15(11,2)3/h4,8,11-12,19H,5-6H2,1-3H3/b17-8+. The molecule has 0 aliphatic heterocycles. The van der Waals surface area contributed by atoms with E-state index in [9.17, 15) is 0 Å². The lowest BCUT2D eigenvalue weighted by molar-refractivity contribution is -0.00124. The van der Waals surface area contributed by atoms with Crippen LogP contribution in [0.2, 0.25) is 0 Å². The predicted molar refractivity (Wildman–Crippen MR) is 76.1 cm³/mol. The van der Waals surface area contributed by atoms with Crippen LogP contribution in [0.25, 0.3) is 0 Å². The summed E-state index contributed by atoms with van der Waals surface area (Å²) in [7, 11) is 0. The summed E-state index contributed by atoms with van der Waals surface area (Å²) in [4.78, 5) is 3.96. The minimum Gasteiger partial charge on any atom is -0.422 e. The Bertz CT molecular complexity index is 633. The Morgan fingerprint density at radius 1 is 1.60 bits per heavy atom. The van der Waals surface area contributed by atoms with E-state index in [0.717, 1.165) is 12.3 Å². The number of rotatable bonds is 3. The third-order valence-electron chi connectivity index (χ3n) is 4.73. The average Bonchev–Trinajstić information content (AvgIpc) is 2.79. The molecular weight excluding hydrogens is 252 g/mol. The molecular formula is C15H18N4O. The van der Waals surface area contributed by atoms with E-state index in [1.54, 1.807) is 6.92 Å². The van der Waals surface area contributed by atoms with E-state index in [4.69, 9.17) is 9.68 Å². The summed E-state index contributed by atoms with van der Waals surface area (Å²) < 4.78 is 5.29. The van der Waals surface area contributed by atoms with Crippen molar-refractivity contribution in [2.45, 2.75) is 33.6 Å². The first-order valence-electron chi connectivity index (χ1n) is 6.89. The number of fused-ring (bicyclic) bond motifs is 1. The summed E-state index contributed by atoms with van der Waals surface area (Å²) in [5.74, 6) is 2.18. The number of allylic oxidation sites excluding steroid dienone is 2. The second-order valence-electron chi connectivity index (χ2n) is 6.14. The van der Waals surface area contributed by atoms with Crippen LogP contribution in [0, 0.1) is 35.5 Å². The summed E-state index contributed by atoms with van der Waals surface area (Å²) in [5.41, 5.74) is 4.67. The lowest BCUT2D eigenvalue weighted by Gasteiger charge is -2.55. The minimum atomic E-state index is 0.237. The zero-order valence-electron chi connectivity index (χ0n) is 12.0. The summed E-state index contributed by atoms with van der Waals surface area (Å²) in [5, 5.41) is 13.1. The van der Waals surface area contributed by atoms with Gasteiger partial charge in [-0.3, -0.25) is 0 Å². The first-order valence-corrected chi connectivity index (χ1v) is 6.89. The molecule has 5 heteroatoms. The van der Waals surface area contributed by atoms with E-state index < -0.39 is 0 Å². The van der Waals surface area contributed by atoms with Crippen molar-refractivity contribution in [2.75, 3.05) is 5.43 Å². The van der Waals surface area contributed by atoms with Crippen LogP contribution in [0.15, 0.2) is 21.2 Å². The predicted octanol–water partition coefficient (Wildman–Crippen LogP) is 3.24. The quantitative estimate of drug-likeness (QED) is 0.675. The fourth-order valence-corrected chi connectivity index (χ4v) is 3.29. The van der Waals surface area contributed by atoms with E-state index in [2.05, 4.69) is 35.4 Å². The lowest BCUT2D eigenvalue weighted by atomic mass is 9.49. The fourth-order valence-electron chi connectivity index (χ4n) is 3.29. The van der Waals surface area contributed by atoms with Crippen molar-refractivity contribution in [1.82, 2.24) is 4.98 Å². The van der Waals surface area contributed by atoms with Crippen LogP contribution in [0.3, 0.4) is 0 Å². The number of hydrogen-bond acceptors (Lipinski definition) is 5. The van der Waals surface area contributed by atoms with Crippen LogP contribution >= 0.6 is 0 Å². The van der Waals surface area contributed by atoms with Gasteiger partial charge in [0.15, 0.2) is 5.89 Å². The maximum Gasteiger partial charge on any atom is 0.252 e. The number of aromatic nitrogens is 1. The molecule has 1 N–H and O–H groups in total. The van der Waals surface area contributed by atoms with Crippen molar-refractivity contribution in [2.24, 2.45) is 22.4 Å². The molecule has 0 spiro atoms. The van der Waals surface area contributed by atoms with Gasteiger partial charge in [0.1, 0.15) is 6.07 Å². The highest BCUT2D eigenvalue weighted by atomic mass is 16.4. The second kappa shape index (κ2) is 4.48. The number of nitrogens with zero attached hydrogens (tertiary/aromatic N) is 3. The van der Waals surface area contributed by atoms with Gasteiger partial charge in [-0.2, -0.15) is 10.4 Å². The summed E-state index contributed by atoms with van der Waals surface area (Å²) in [6.07, 6.45) is 6.51. The monoisotopic (exact) mass is 270 g/mol. The molecule has 0 amide bonds. The average molecular weight is 270 g/mol. The molecule has 0 radical (unpaired) electrons. The normalized spacial score (nSPS) is 26.8. The van der Waals surface area contributed by atoms with Gasteiger partial charge >= 0.3 is 0 Å². The Balaban J connectivity index is 1.70. The zero-order chi connectivity index (χ0) is 14.3. The van der Waals surface area contributed by atoms with Gasteiger partial charge in [0.25, 0.3) is 5.88 Å². The van der Waals surface area contributed by atoms with Crippen molar-refractivity contribution in [1.29, 1.82) is 5.26 Å². The first kappa shape index (κ1) is 12.9. The molecule has 3 aliphatic carbocycles. The first-order chi connectivity index (χ1) is 9.52. The fraction of sp³-hybridized carbons (Fsp3) is 0.533. The van der Waals surface area contributed by atoms with Gasteiger partial charge in [-0.1, -0.05) is 19.9 Å². The Kier molecular flexibility index (Phi) is 2.89. The molecule has 1 aromatic heterocycles. The lowest BCUT2D eigenvalue weighted by Crippen LogP contribution is -2.48. The molecule has 104 valence electrons. The van der Waals surface area contributed by atoms with Gasteiger partial charge in [-0.15, -0.1) is 0 Å². The highest BCUT2D eigenvalue weighted by Crippen LogP contribution is 2.58. The van der Waals surface area contributed by atoms with E-state index >= 15 is 0 Å². The molecule has 3 aliphatic rings. The van der Waals surface area contributed by atoms with Gasteiger partial charge in [-0.05, 0) is 35.7 Å². The molecule has 1 fully saturated rings. The molecule has 1 saturated carbocycles. The second-order valence-corrected chi connectivity index (χ2v) is 6.14. The molecule has 2 unspecified atom stereocenters. The van der Waals surface area contributed by atoms with Crippen LogP contribution in [-0.4, -0.2) is 11.2 Å². The molecule has 0 aromatic carbocycles. The third-order valence-corrected chi connectivity index (χ3v) is 4.73. The minimum absolute atomic E-state index is 0.237. The van der Waals surface area contributed by atoms with E-state index in [0.29, 0.717) is 23.1 Å². The van der Waals surface area contributed by atoms with Crippen molar-refractivity contribution >= 4 is 12.1 Å². The Hall–Kier alpha value is -2.09. The van der Waals surface area contributed by atoms with E-state index in [1.807, 2.05) is 12.3 Å². The van der Waals surface area contributed by atoms with Gasteiger partial charge in [0.05, 0.1) is 6.21 Å². The number of aryl methyl sites for hydroxylation is 1. The summed E-state index contributed by atoms with van der Waals surface area (Å²) >= 11 is 0. The summed E-state index contributed by atoms with van der Waals surface area (Å²) in [6, 6.07) is 1.98. The van der Waals surface area contributed by atoms with Crippen LogP contribution in [-0.2, 0) is 0 Å². The van der Waals surface area contributed by atoms with Gasteiger partial charge < -0.3 is 4.42 Å². The molecule has 1 aromatic rings. The van der Waals surface area contributed by atoms with Crippen LogP contribution in [0.4, 0.5) is 5.88 Å². The summed E-state index contributed by atoms with van der Waals surface area (Å²) in [6.45, 7) is 6.36. The van der Waals surface area contributed by atoms with E-state index in [-0.39, 0.29) is 5.69 Å². The Morgan fingerprint density at radius 2 is 2.40 bits per heavy atom. The number of hydrogen-bond donors (Lipinski definition) is 1. The third kappa shape index (κ3) is 1.92.